The summed E-state index contributed by atoms with van der Waals surface area (Å²) in [5, 5.41) is 15.3. The molecule has 0 atom stereocenters. The molecule has 0 amide bonds. The maximum atomic E-state index is 9.40. The van der Waals surface area contributed by atoms with Crippen molar-refractivity contribution in [2.45, 2.75) is 65.3 Å². The first-order valence-electron chi connectivity index (χ1n) is 12.2. The lowest BCUT2D eigenvalue weighted by molar-refractivity contribution is 0.0866. The van der Waals surface area contributed by atoms with E-state index in [9.17, 15) is 5.21 Å². The van der Waals surface area contributed by atoms with Crippen molar-refractivity contribution < 1.29 is 14.4 Å². The largest absolute Gasteiger partial charge is 0.411 e. The molecule has 35 heavy (non-hydrogen) atoms. The molecular formula is C27H39N3O3Si2. The maximum absolute atomic E-state index is 9.40. The van der Waals surface area contributed by atoms with E-state index < -0.39 is 16.4 Å². The Morgan fingerprint density at radius 1 is 1.00 bits per heavy atom. The second-order valence-electron chi connectivity index (χ2n) is 10.5. The molecule has 0 aliphatic carbocycles. The van der Waals surface area contributed by atoms with Crippen molar-refractivity contribution in [1.29, 1.82) is 0 Å². The fourth-order valence-corrected chi connectivity index (χ4v) is 9.08. The monoisotopic (exact) mass is 509 g/mol. The summed E-state index contributed by atoms with van der Waals surface area (Å²) in [7, 11) is -3.73. The predicted molar refractivity (Wildman–Crippen MR) is 148 cm³/mol. The second-order valence-corrected chi connectivity index (χ2v) is 20.2. The van der Waals surface area contributed by atoms with E-state index in [0.717, 1.165) is 11.7 Å². The Balaban J connectivity index is 1.89. The van der Waals surface area contributed by atoms with Crippen molar-refractivity contribution in [2.75, 3.05) is 6.61 Å². The molecule has 2 aromatic carbocycles. The SMILES string of the molecule is C/C(=N\O)c1nc(CO[Si](c2ccccc2)(c2ccccc2)C(C)C)cn1COCC[Si](C)(C)C. The molecule has 0 bridgehead atoms. The van der Waals surface area contributed by atoms with Gasteiger partial charge in [-0.1, -0.05) is 99.3 Å². The number of aromatic nitrogens is 2. The summed E-state index contributed by atoms with van der Waals surface area (Å²) in [6.45, 7) is 14.7. The molecule has 8 heteroatoms. The molecule has 0 spiro atoms. The molecule has 3 aromatic rings. The van der Waals surface area contributed by atoms with E-state index in [1.54, 1.807) is 6.92 Å². The second kappa shape index (κ2) is 11.9. The van der Waals surface area contributed by atoms with Gasteiger partial charge in [0.2, 0.25) is 0 Å². The lowest BCUT2D eigenvalue weighted by atomic mass is 10.4. The zero-order valence-corrected chi connectivity index (χ0v) is 23.9. The number of oxime groups is 1. The van der Waals surface area contributed by atoms with Crippen LogP contribution in [0.3, 0.4) is 0 Å². The number of rotatable bonds is 12. The van der Waals surface area contributed by atoms with Crippen LogP contribution in [0.2, 0.25) is 31.2 Å². The zero-order valence-electron chi connectivity index (χ0n) is 21.9. The minimum absolute atomic E-state index is 0.305. The van der Waals surface area contributed by atoms with Crippen molar-refractivity contribution in [3.05, 3.63) is 78.4 Å². The zero-order chi connectivity index (χ0) is 25.5. The average Bonchev–Trinajstić information content (AvgIpc) is 3.25. The molecule has 1 N–H and O–H groups in total. The van der Waals surface area contributed by atoms with E-state index >= 15 is 0 Å². The summed E-state index contributed by atoms with van der Waals surface area (Å²) in [6, 6.07) is 22.2. The molecule has 0 saturated carbocycles. The molecule has 0 radical (unpaired) electrons. The van der Waals surface area contributed by atoms with Gasteiger partial charge in [-0.05, 0) is 28.9 Å². The molecule has 188 valence electrons. The Morgan fingerprint density at radius 2 is 1.57 bits per heavy atom. The van der Waals surface area contributed by atoms with Crippen molar-refractivity contribution in [3.63, 3.8) is 0 Å². The van der Waals surface area contributed by atoms with Crippen LogP contribution in [0.1, 0.15) is 32.3 Å². The third kappa shape index (κ3) is 6.79. The van der Waals surface area contributed by atoms with Crippen LogP contribution in [-0.4, -0.2) is 43.5 Å². The Kier molecular flexibility index (Phi) is 9.23. The lowest BCUT2D eigenvalue weighted by Gasteiger charge is -2.35. The highest BCUT2D eigenvalue weighted by Crippen LogP contribution is 2.24. The average molecular weight is 510 g/mol. The van der Waals surface area contributed by atoms with Crippen LogP contribution >= 0.6 is 0 Å². The van der Waals surface area contributed by atoms with Crippen LogP contribution in [-0.2, 0) is 22.5 Å². The highest BCUT2D eigenvalue weighted by Gasteiger charge is 2.43. The first kappa shape index (κ1) is 27.1. The lowest BCUT2D eigenvalue weighted by Crippen LogP contribution is -2.62. The van der Waals surface area contributed by atoms with E-state index in [-0.39, 0.29) is 0 Å². The van der Waals surface area contributed by atoms with Gasteiger partial charge in [-0.15, -0.1) is 0 Å². The molecule has 3 rings (SSSR count). The van der Waals surface area contributed by atoms with Gasteiger partial charge < -0.3 is 18.9 Å². The van der Waals surface area contributed by atoms with E-state index in [2.05, 4.69) is 87.2 Å². The highest BCUT2D eigenvalue weighted by atomic mass is 28.4. The Morgan fingerprint density at radius 3 is 2.06 bits per heavy atom. The molecular weight excluding hydrogens is 470 g/mol. The van der Waals surface area contributed by atoms with Crippen molar-refractivity contribution >= 4 is 32.5 Å². The summed E-state index contributed by atoms with van der Waals surface area (Å²) in [5.41, 5.74) is 1.55. The van der Waals surface area contributed by atoms with Gasteiger partial charge in [0.1, 0.15) is 12.4 Å². The molecule has 1 heterocycles. The molecule has 6 nitrogen and oxygen atoms in total. The van der Waals surface area contributed by atoms with E-state index in [1.165, 1.54) is 10.4 Å². The normalized spacial score (nSPS) is 12.9. The molecule has 0 aliphatic heterocycles. The predicted octanol–water partition coefficient (Wildman–Crippen LogP) is 5.08. The van der Waals surface area contributed by atoms with Crippen LogP contribution in [0.25, 0.3) is 0 Å². The molecule has 1 aromatic heterocycles. The number of hydrogen-bond acceptors (Lipinski definition) is 5. The van der Waals surface area contributed by atoms with Gasteiger partial charge in [-0.25, -0.2) is 4.98 Å². The van der Waals surface area contributed by atoms with Crippen molar-refractivity contribution in [1.82, 2.24) is 9.55 Å². The summed E-state index contributed by atoms with van der Waals surface area (Å²) >= 11 is 0. The van der Waals surface area contributed by atoms with Gasteiger partial charge in [-0.3, -0.25) is 0 Å². The number of imidazole rings is 1. The first-order valence-corrected chi connectivity index (χ1v) is 17.9. The minimum Gasteiger partial charge on any atom is -0.411 e. The smallest absolute Gasteiger partial charge is 0.258 e. The maximum Gasteiger partial charge on any atom is 0.258 e. The number of ether oxygens (including phenoxy) is 1. The Bertz CT molecular complexity index is 1050. The van der Waals surface area contributed by atoms with Gasteiger partial charge >= 0.3 is 0 Å². The summed E-state index contributed by atoms with van der Waals surface area (Å²) in [4.78, 5) is 4.76. The summed E-state index contributed by atoms with van der Waals surface area (Å²) < 4.78 is 14.8. The molecule has 0 unspecified atom stereocenters. The topological polar surface area (TPSA) is 68.9 Å². The number of benzene rings is 2. The third-order valence-electron chi connectivity index (χ3n) is 6.19. The fraction of sp³-hybridized carbons (Fsp3) is 0.407. The van der Waals surface area contributed by atoms with Crippen LogP contribution in [0.5, 0.6) is 0 Å². The number of hydrogen-bond donors (Lipinski definition) is 1. The van der Waals surface area contributed by atoms with Gasteiger partial charge in [0.05, 0.1) is 12.3 Å². The van der Waals surface area contributed by atoms with Crippen LogP contribution < -0.4 is 10.4 Å². The first-order chi connectivity index (χ1) is 16.7. The third-order valence-corrected chi connectivity index (χ3v) is 12.5. The molecule has 0 aliphatic rings. The van der Waals surface area contributed by atoms with Crippen molar-refractivity contribution in [3.8, 4) is 0 Å². The van der Waals surface area contributed by atoms with Crippen molar-refractivity contribution in [2.24, 2.45) is 5.16 Å². The molecule has 0 saturated heterocycles. The summed E-state index contributed by atoms with van der Waals surface area (Å²) in [6.07, 6.45) is 1.95. The van der Waals surface area contributed by atoms with Crippen LogP contribution in [0.4, 0.5) is 0 Å². The van der Waals surface area contributed by atoms with E-state index in [4.69, 9.17) is 14.1 Å². The Labute approximate surface area is 211 Å². The quantitative estimate of drug-likeness (QED) is 0.122. The highest BCUT2D eigenvalue weighted by molar-refractivity contribution is 6.98. The van der Waals surface area contributed by atoms with E-state index in [1.807, 2.05) is 22.9 Å². The fourth-order valence-electron chi connectivity index (χ4n) is 4.24. The number of nitrogens with zero attached hydrogens (tertiary/aromatic N) is 3. The van der Waals surface area contributed by atoms with Gasteiger partial charge in [0.25, 0.3) is 8.32 Å². The summed E-state index contributed by atoms with van der Waals surface area (Å²) in [5.74, 6) is 0.593. The van der Waals surface area contributed by atoms with Gasteiger partial charge in [0.15, 0.2) is 5.82 Å². The minimum atomic E-state index is -2.56. The molecule has 0 fully saturated rings. The Hall–Kier alpha value is -2.53. The van der Waals surface area contributed by atoms with Gasteiger partial charge in [0, 0.05) is 20.9 Å². The van der Waals surface area contributed by atoms with Gasteiger partial charge in [-0.2, -0.15) is 0 Å². The van der Waals surface area contributed by atoms with Crippen LogP contribution in [0, 0.1) is 0 Å². The van der Waals surface area contributed by atoms with E-state index in [0.29, 0.717) is 37.0 Å². The van der Waals surface area contributed by atoms with Crippen LogP contribution in [0.15, 0.2) is 72.0 Å². The standard InChI is InChI=1S/C27H39N3O3Si2/c1-22(2)35(25-13-9-7-10-14-25,26-15-11-8-12-16-26)33-20-24-19-30(27(28-24)23(3)29-31)21-32-17-18-34(4,5)6/h7-16,19,22,31H,17-18,20-21H2,1-6H3/b29-23+.